The van der Waals surface area contributed by atoms with E-state index in [2.05, 4.69) is 0 Å². The Hall–Kier alpha value is -1.50. The number of ether oxygens (including phenoxy) is 1. The maximum absolute atomic E-state index is 12.5. The molecule has 1 saturated carbocycles. The van der Waals surface area contributed by atoms with Gasteiger partial charge in [-0.2, -0.15) is 8.42 Å². The van der Waals surface area contributed by atoms with Crippen LogP contribution in [0.2, 0.25) is 0 Å². The van der Waals surface area contributed by atoms with Crippen molar-refractivity contribution in [2.24, 2.45) is 11.3 Å². The predicted octanol–water partition coefficient (Wildman–Crippen LogP) is 3.42. The van der Waals surface area contributed by atoms with Gasteiger partial charge in [0.15, 0.2) is 5.78 Å². The van der Waals surface area contributed by atoms with Crippen LogP contribution in [0.15, 0.2) is 41.3 Å². The van der Waals surface area contributed by atoms with Gasteiger partial charge in [0.1, 0.15) is 0 Å². The third kappa shape index (κ3) is 3.77. The zero-order chi connectivity index (χ0) is 18.8. The third-order valence-corrected chi connectivity index (χ3v) is 7.08. The summed E-state index contributed by atoms with van der Waals surface area (Å²) in [5.74, 6) is 0.119. The highest BCUT2D eigenvalue weighted by molar-refractivity contribution is 7.86. The van der Waals surface area contributed by atoms with Crippen LogP contribution in [0.5, 0.6) is 0 Å². The van der Waals surface area contributed by atoms with E-state index in [-0.39, 0.29) is 34.7 Å². The van der Waals surface area contributed by atoms with Gasteiger partial charge in [-0.1, -0.05) is 30.2 Å². The minimum atomic E-state index is -3.80. The SMILES string of the molecule is CO[C@@H]1CCC[C@@H](COS(=O)(=O)c2ccc(C)cc2)[C@@]12C=CC(=O)CC2. The van der Waals surface area contributed by atoms with Crippen LogP contribution in [0.25, 0.3) is 0 Å². The second kappa shape index (κ2) is 7.62. The molecule has 0 radical (unpaired) electrons. The number of allylic oxidation sites excluding steroid dienone is 1. The number of aryl methyl sites for hydroxylation is 1. The first-order chi connectivity index (χ1) is 12.4. The number of hydrogen-bond acceptors (Lipinski definition) is 5. The first-order valence-electron chi connectivity index (χ1n) is 9.08. The Bertz CT molecular complexity index is 781. The van der Waals surface area contributed by atoms with Gasteiger partial charge in [-0.15, -0.1) is 0 Å². The molecule has 6 heteroatoms. The Morgan fingerprint density at radius 3 is 2.54 bits per heavy atom. The fourth-order valence-electron chi connectivity index (χ4n) is 4.23. The molecule has 3 atom stereocenters. The van der Waals surface area contributed by atoms with Gasteiger partial charge in [0.05, 0.1) is 17.6 Å². The largest absolute Gasteiger partial charge is 0.381 e. The summed E-state index contributed by atoms with van der Waals surface area (Å²) in [5.41, 5.74) is 0.666. The van der Waals surface area contributed by atoms with Crippen LogP contribution in [0.4, 0.5) is 0 Å². The maximum Gasteiger partial charge on any atom is 0.296 e. The second-order valence-electron chi connectivity index (χ2n) is 7.32. The molecule has 0 saturated heterocycles. The number of benzene rings is 1. The summed E-state index contributed by atoms with van der Waals surface area (Å²) < 4.78 is 36.2. The second-order valence-corrected chi connectivity index (χ2v) is 8.93. The molecule has 1 spiro atoms. The van der Waals surface area contributed by atoms with E-state index in [0.717, 1.165) is 24.8 Å². The van der Waals surface area contributed by atoms with E-state index < -0.39 is 10.1 Å². The number of rotatable bonds is 5. The van der Waals surface area contributed by atoms with Crippen molar-refractivity contribution in [1.82, 2.24) is 0 Å². The fourth-order valence-corrected chi connectivity index (χ4v) is 5.18. The smallest absolute Gasteiger partial charge is 0.296 e. The molecule has 1 aromatic rings. The normalized spacial score (nSPS) is 29.2. The van der Waals surface area contributed by atoms with Crippen molar-refractivity contribution in [3.63, 3.8) is 0 Å². The molecule has 0 aliphatic heterocycles. The van der Waals surface area contributed by atoms with E-state index in [1.54, 1.807) is 37.5 Å². The fraction of sp³-hybridized carbons (Fsp3) is 0.550. The standard InChI is InChI=1S/C20H26O5S/c1-15-6-8-18(9-7-15)26(22,23)25-14-16-4-3-5-19(24-2)20(16)12-10-17(21)11-13-20/h6-10,12,16,19H,3-5,11,13-14H2,1-2H3/t16-,19+,20-/m0/s1. The lowest BCUT2D eigenvalue weighted by Crippen LogP contribution is -2.48. The minimum Gasteiger partial charge on any atom is -0.381 e. The van der Waals surface area contributed by atoms with Gasteiger partial charge in [-0.25, -0.2) is 0 Å². The Kier molecular flexibility index (Phi) is 5.65. The predicted molar refractivity (Wildman–Crippen MR) is 98.3 cm³/mol. The molecule has 2 aliphatic carbocycles. The Morgan fingerprint density at radius 2 is 1.92 bits per heavy atom. The molecule has 0 aromatic heterocycles. The van der Waals surface area contributed by atoms with Crippen LogP contribution < -0.4 is 0 Å². The Balaban J connectivity index is 1.79. The summed E-state index contributed by atoms with van der Waals surface area (Å²) in [6, 6.07) is 6.65. The summed E-state index contributed by atoms with van der Waals surface area (Å²) in [7, 11) is -2.12. The Morgan fingerprint density at radius 1 is 1.19 bits per heavy atom. The number of carbonyl (C=O) groups excluding carboxylic acids is 1. The molecule has 2 aliphatic rings. The van der Waals surface area contributed by atoms with Gasteiger partial charge >= 0.3 is 0 Å². The number of carbonyl (C=O) groups is 1. The topological polar surface area (TPSA) is 69.7 Å². The lowest BCUT2D eigenvalue weighted by atomic mass is 9.60. The van der Waals surface area contributed by atoms with Crippen LogP contribution in [-0.4, -0.2) is 34.0 Å². The first-order valence-corrected chi connectivity index (χ1v) is 10.5. The average Bonchev–Trinajstić information content (AvgIpc) is 2.63. The number of ketones is 1. The van der Waals surface area contributed by atoms with Gasteiger partial charge in [0.25, 0.3) is 10.1 Å². The minimum absolute atomic E-state index is 0.00535. The van der Waals surface area contributed by atoms with Crippen molar-refractivity contribution >= 4 is 15.9 Å². The molecular weight excluding hydrogens is 352 g/mol. The summed E-state index contributed by atoms with van der Waals surface area (Å²) in [5, 5.41) is 0. The van der Waals surface area contributed by atoms with E-state index in [4.69, 9.17) is 8.92 Å². The van der Waals surface area contributed by atoms with Crippen LogP contribution in [0.1, 0.15) is 37.7 Å². The van der Waals surface area contributed by atoms with Crippen LogP contribution >= 0.6 is 0 Å². The summed E-state index contributed by atoms with van der Waals surface area (Å²) >= 11 is 0. The molecule has 1 fully saturated rings. The molecule has 142 valence electrons. The van der Waals surface area contributed by atoms with Gasteiger partial charge in [-0.05, 0) is 50.3 Å². The summed E-state index contributed by atoms with van der Waals surface area (Å²) in [4.78, 5) is 11.8. The van der Waals surface area contributed by atoms with Crippen molar-refractivity contribution in [1.29, 1.82) is 0 Å². The van der Waals surface area contributed by atoms with Crippen molar-refractivity contribution in [2.45, 2.75) is 50.0 Å². The van der Waals surface area contributed by atoms with Crippen molar-refractivity contribution in [2.75, 3.05) is 13.7 Å². The molecule has 26 heavy (non-hydrogen) atoms. The average molecular weight is 378 g/mol. The van der Waals surface area contributed by atoms with Gasteiger partial charge in [-0.3, -0.25) is 8.98 Å². The molecule has 1 aromatic carbocycles. The monoisotopic (exact) mass is 378 g/mol. The molecule has 0 bridgehead atoms. The summed E-state index contributed by atoms with van der Waals surface area (Å²) in [6.07, 6.45) is 7.44. The van der Waals surface area contributed by atoms with Crippen molar-refractivity contribution in [3.05, 3.63) is 42.0 Å². The Labute approximate surface area is 155 Å². The molecule has 0 N–H and O–H groups in total. The quantitative estimate of drug-likeness (QED) is 0.734. The number of hydrogen-bond donors (Lipinski definition) is 0. The lowest BCUT2D eigenvalue weighted by Gasteiger charge is -2.48. The van der Waals surface area contributed by atoms with Gasteiger partial charge in [0, 0.05) is 18.9 Å². The number of methoxy groups -OCH3 is 1. The van der Waals surface area contributed by atoms with Crippen molar-refractivity contribution in [3.8, 4) is 0 Å². The van der Waals surface area contributed by atoms with Crippen LogP contribution in [-0.2, 0) is 23.8 Å². The molecule has 0 unspecified atom stereocenters. The van der Waals surface area contributed by atoms with E-state index >= 15 is 0 Å². The molecule has 5 nitrogen and oxygen atoms in total. The zero-order valence-corrected chi connectivity index (χ0v) is 16.1. The van der Waals surface area contributed by atoms with Gasteiger partial charge in [0.2, 0.25) is 0 Å². The molecule has 0 heterocycles. The molecule has 3 rings (SSSR count). The van der Waals surface area contributed by atoms with Crippen molar-refractivity contribution < 1.29 is 22.1 Å². The zero-order valence-electron chi connectivity index (χ0n) is 15.3. The summed E-state index contributed by atoms with van der Waals surface area (Å²) in [6.45, 7) is 2.01. The first kappa shape index (κ1) is 19.3. The van der Waals surface area contributed by atoms with E-state index in [0.29, 0.717) is 12.8 Å². The van der Waals surface area contributed by atoms with E-state index in [1.807, 2.05) is 13.0 Å². The van der Waals surface area contributed by atoms with Gasteiger partial charge < -0.3 is 4.74 Å². The lowest BCUT2D eigenvalue weighted by molar-refractivity contribution is -0.119. The third-order valence-electron chi connectivity index (χ3n) is 5.78. The van der Waals surface area contributed by atoms with E-state index in [9.17, 15) is 13.2 Å². The molecule has 0 amide bonds. The maximum atomic E-state index is 12.5. The highest BCUT2D eigenvalue weighted by Crippen LogP contribution is 2.49. The highest BCUT2D eigenvalue weighted by Gasteiger charge is 2.48. The van der Waals surface area contributed by atoms with E-state index in [1.165, 1.54) is 0 Å². The van der Waals surface area contributed by atoms with Crippen LogP contribution in [0, 0.1) is 18.3 Å². The molecular formula is C20H26O5S. The van der Waals surface area contributed by atoms with Crippen LogP contribution in [0.3, 0.4) is 0 Å². The highest BCUT2D eigenvalue weighted by atomic mass is 32.2.